The maximum atomic E-state index is 8.84. The Hall–Kier alpha value is -3.44. The Kier molecular flexibility index (Phi) is 8.35. The molecule has 0 saturated heterocycles. The standard InChI is InChI=1S/C23H23N2O.C22H32NSi.Ir/c1-14-13-24-20(11-17(14)12-23(3,4)5)16-7-9-21-19(10-16)18-8-6-15(2)25-22(18)26-21;1-16(2)17-9-11-18(12-10-17)20-13-19(14-22(3,4)5)21(15-23-20)24(6,7)8;/h6,8-11,13H,12H2,1-5H3;9-11,13,15-16H,14H2,1-8H3;/q2*-1;/i1D3,2D3,12D2;14D2,16D;. The van der Waals surface area contributed by atoms with E-state index < -0.39 is 51.2 Å². The Labute approximate surface area is 336 Å². The summed E-state index contributed by atoms with van der Waals surface area (Å²) in [4.78, 5) is 13.1. The second-order valence-corrected chi connectivity index (χ2v) is 21.0. The molecule has 0 aliphatic rings. The van der Waals surface area contributed by atoms with Gasteiger partial charge < -0.3 is 14.4 Å². The van der Waals surface area contributed by atoms with E-state index in [0.29, 0.717) is 27.6 Å². The van der Waals surface area contributed by atoms with E-state index in [4.69, 9.17) is 19.5 Å². The van der Waals surface area contributed by atoms with Crippen LogP contribution in [0.25, 0.3) is 44.6 Å². The minimum atomic E-state index is -2.53. The molecule has 6 aromatic rings. The van der Waals surface area contributed by atoms with Gasteiger partial charge in [0.15, 0.2) is 0 Å². The first-order valence-corrected chi connectivity index (χ1v) is 20.4. The van der Waals surface area contributed by atoms with E-state index >= 15 is 0 Å². The van der Waals surface area contributed by atoms with Crippen LogP contribution in [0.1, 0.15) is 104 Å². The molecule has 0 unspecified atom stereocenters. The number of hydrogen-bond acceptors (Lipinski definition) is 4. The topological polar surface area (TPSA) is 51.8 Å². The minimum Gasteiger partial charge on any atom is -0.486 e. The fourth-order valence-electron chi connectivity index (χ4n) is 5.46. The van der Waals surface area contributed by atoms with Crippen molar-refractivity contribution < 1.29 is 39.6 Å². The van der Waals surface area contributed by atoms with Gasteiger partial charge in [-0.3, -0.25) is 0 Å². The van der Waals surface area contributed by atoms with Crippen molar-refractivity contribution in [3.63, 3.8) is 0 Å². The number of hydrogen-bond donors (Lipinski definition) is 0. The predicted molar refractivity (Wildman–Crippen MR) is 215 cm³/mol. The van der Waals surface area contributed by atoms with Crippen molar-refractivity contribution in [3.8, 4) is 22.5 Å². The summed E-state index contributed by atoms with van der Waals surface area (Å²) in [5.74, 6) is -0.668. The molecule has 0 atom stereocenters. The summed E-state index contributed by atoms with van der Waals surface area (Å²) in [6.45, 7) is 16.5. The van der Waals surface area contributed by atoms with Gasteiger partial charge in [0.2, 0.25) is 5.71 Å². The molecule has 0 amide bonds. The first-order chi connectivity index (χ1) is 27.5. The Morgan fingerprint density at radius 3 is 2.06 bits per heavy atom. The third kappa shape index (κ3) is 10.3. The Morgan fingerprint density at radius 1 is 0.804 bits per heavy atom. The van der Waals surface area contributed by atoms with E-state index in [-0.39, 0.29) is 42.6 Å². The molecule has 271 valence electrons. The van der Waals surface area contributed by atoms with Crippen LogP contribution in [0.4, 0.5) is 0 Å². The average molecular weight is 885 g/mol. The summed E-state index contributed by atoms with van der Waals surface area (Å²) in [7, 11) is -1.76. The monoisotopic (exact) mass is 885 g/mol. The predicted octanol–water partition coefficient (Wildman–Crippen LogP) is 11.9. The van der Waals surface area contributed by atoms with Gasteiger partial charge in [-0.25, -0.2) is 4.98 Å². The first-order valence-electron chi connectivity index (χ1n) is 22.4. The van der Waals surface area contributed by atoms with Gasteiger partial charge >= 0.3 is 0 Å². The molecule has 6 heteroatoms. The van der Waals surface area contributed by atoms with Crippen LogP contribution in [-0.4, -0.2) is 23.0 Å². The van der Waals surface area contributed by atoms with Crippen molar-refractivity contribution in [2.24, 2.45) is 10.8 Å². The molecule has 0 spiro atoms. The van der Waals surface area contributed by atoms with Crippen LogP contribution in [0.2, 0.25) is 19.6 Å². The van der Waals surface area contributed by atoms with Gasteiger partial charge in [0.05, 0.1) is 13.7 Å². The van der Waals surface area contributed by atoms with Gasteiger partial charge in [-0.05, 0) is 71.6 Å². The molecule has 2 aromatic carbocycles. The maximum absolute atomic E-state index is 8.84. The van der Waals surface area contributed by atoms with E-state index in [1.165, 1.54) is 18.3 Å². The van der Waals surface area contributed by atoms with Crippen LogP contribution in [0.5, 0.6) is 0 Å². The summed E-state index contributed by atoms with van der Waals surface area (Å²) >= 11 is 0. The van der Waals surface area contributed by atoms with E-state index in [1.807, 2.05) is 65.1 Å². The summed E-state index contributed by atoms with van der Waals surface area (Å²) in [6.07, 6.45) is -0.340. The number of pyridine rings is 3. The van der Waals surface area contributed by atoms with Crippen LogP contribution >= 0.6 is 0 Å². The van der Waals surface area contributed by atoms with Gasteiger partial charge in [0, 0.05) is 58.7 Å². The number of furan rings is 1. The number of aromatic nitrogens is 3. The Balaban J connectivity index is 0.000000276. The number of fused-ring (bicyclic) bond motifs is 3. The maximum Gasteiger partial charge on any atom is 0.216 e. The molecule has 4 aromatic heterocycles. The molecule has 51 heavy (non-hydrogen) atoms. The summed E-state index contributed by atoms with van der Waals surface area (Å²) in [5.41, 5.74) is 3.18. The van der Waals surface area contributed by atoms with Crippen LogP contribution < -0.4 is 5.19 Å². The van der Waals surface area contributed by atoms with E-state index in [9.17, 15) is 0 Å². The van der Waals surface area contributed by atoms with Crippen molar-refractivity contribution >= 4 is 35.3 Å². The van der Waals surface area contributed by atoms with Crippen molar-refractivity contribution in [1.29, 1.82) is 0 Å². The molecule has 0 aliphatic carbocycles. The number of nitrogens with zero attached hydrogens (tertiary/aromatic N) is 3. The number of aryl methyl sites for hydroxylation is 2. The zero-order valence-corrected chi connectivity index (χ0v) is 34.8. The largest absolute Gasteiger partial charge is 0.486 e. The molecule has 4 nitrogen and oxygen atoms in total. The van der Waals surface area contributed by atoms with Crippen LogP contribution in [0.15, 0.2) is 71.4 Å². The Bertz CT molecular complexity index is 2560. The van der Waals surface area contributed by atoms with Gasteiger partial charge in [0.25, 0.3) is 0 Å². The molecule has 4 heterocycles. The second kappa shape index (κ2) is 15.7. The summed E-state index contributed by atoms with van der Waals surface area (Å²) in [5, 5.41) is 2.34. The molecule has 6 rings (SSSR count). The molecular weight excluding hydrogens is 819 g/mol. The van der Waals surface area contributed by atoms with Crippen LogP contribution in [0.3, 0.4) is 0 Å². The fraction of sp³-hybridized carbons (Fsp3) is 0.400. The fourth-order valence-corrected chi connectivity index (χ4v) is 6.86. The van der Waals surface area contributed by atoms with Gasteiger partial charge in [0.1, 0.15) is 0 Å². The zero-order valence-electron chi connectivity index (χ0n) is 42.4. The second-order valence-electron chi connectivity index (χ2n) is 16.0. The SMILES string of the molecule is [2H]C(C)(C)c1c[c-]c(-c2cc(C([2H])([2H])C(C)(C)C)c([Si](C)(C)C)cn2)cc1.[2H]C([2H])([2H])c1ccc2c(n1)oc1c[c-]c(-c3cc(C([2H])([2H])C(C)(C)C)c(C([2H])([2H])[2H])cn3)cc12.[Ir]. The molecule has 1 radical (unpaired) electrons. The summed E-state index contributed by atoms with van der Waals surface area (Å²) in [6, 6.07) is 21.8. The van der Waals surface area contributed by atoms with Crippen molar-refractivity contribution in [2.45, 2.75) is 107 Å². The molecular formula is C45H55IrN3OSi-2. The molecule has 0 fully saturated rings. The van der Waals surface area contributed by atoms with Gasteiger partial charge in [-0.15, -0.1) is 59.2 Å². The van der Waals surface area contributed by atoms with Crippen molar-refractivity contribution in [2.75, 3.05) is 0 Å². The quantitative estimate of drug-likeness (QED) is 0.124. The zero-order chi connectivity index (χ0) is 46.1. The normalized spacial score (nSPS) is 16.6. The summed E-state index contributed by atoms with van der Waals surface area (Å²) < 4.78 is 95.2. The van der Waals surface area contributed by atoms with Crippen LogP contribution in [0, 0.1) is 36.7 Å². The third-order valence-corrected chi connectivity index (χ3v) is 9.86. The first kappa shape index (κ1) is 27.2. The smallest absolute Gasteiger partial charge is 0.216 e. The molecule has 0 N–H and O–H groups in total. The van der Waals surface area contributed by atoms with Crippen molar-refractivity contribution in [3.05, 3.63) is 107 Å². The van der Waals surface area contributed by atoms with Gasteiger partial charge in [-0.2, -0.15) is 0 Å². The van der Waals surface area contributed by atoms with Crippen LogP contribution in [-0.2, 0) is 32.9 Å². The Morgan fingerprint density at radius 2 is 1.45 bits per heavy atom. The minimum absolute atomic E-state index is 0. The van der Waals surface area contributed by atoms with E-state index in [0.717, 1.165) is 27.6 Å². The van der Waals surface area contributed by atoms with Gasteiger partial charge in [-0.1, -0.05) is 110 Å². The third-order valence-electron chi connectivity index (χ3n) is 7.85. The average Bonchev–Trinajstić information content (AvgIpc) is 3.49. The molecule has 0 saturated carbocycles. The van der Waals surface area contributed by atoms with Crippen molar-refractivity contribution in [1.82, 2.24) is 15.0 Å². The number of rotatable bonds is 6. The number of benzene rings is 2. The molecule has 0 bridgehead atoms. The van der Waals surface area contributed by atoms with E-state index in [1.54, 1.807) is 39.0 Å². The molecule has 0 aliphatic heterocycles. The van der Waals surface area contributed by atoms with E-state index in [2.05, 4.69) is 46.7 Å².